The van der Waals surface area contributed by atoms with Crippen molar-refractivity contribution in [3.63, 3.8) is 0 Å². The van der Waals surface area contributed by atoms with Crippen molar-refractivity contribution >= 4 is 0 Å². The predicted octanol–water partition coefficient (Wildman–Crippen LogP) is 3.44. The number of hydrogen-bond donors (Lipinski definition) is 1. The Labute approximate surface area is 80.4 Å². The SMILES string of the molecule is CC(C)c1[c]c(C(C)C)cc(O)c1. The van der Waals surface area contributed by atoms with Gasteiger partial charge in [0.05, 0.1) is 0 Å². The topological polar surface area (TPSA) is 20.2 Å². The number of phenolic OH excluding ortho intramolecular Hbond substituents is 1. The van der Waals surface area contributed by atoms with Crippen LogP contribution < -0.4 is 0 Å². The monoisotopic (exact) mass is 177 g/mol. The molecule has 71 valence electrons. The van der Waals surface area contributed by atoms with Crippen LogP contribution in [0.1, 0.15) is 50.7 Å². The summed E-state index contributed by atoms with van der Waals surface area (Å²) in [6, 6.07) is 6.90. The minimum absolute atomic E-state index is 0.353. The van der Waals surface area contributed by atoms with Crippen molar-refractivity contribution in [3.05, 3.63) is 29.3 Å². The molecule has 1 heteroatoms. The van der Waals surface area contributed by atoms with Crippen LogP contribution in [0.2, 0.25) is 0 Å². The fourth-order valence-electron chi connectivity index (χ4n) is 1.22. The summed E-state index contributed by atoms with van der Waals surface area (Å²) in [6.45, 7) is 8.43. The highest BCUT2D eigenvalue weighted by atomic mass is 16.3. The van der Waals surface area contributed by atoms with E-state index in [1.807, 2.05) is 0 Å². The number of hydrogen-bond acceptors (Lipinski definition) is 1. The van der Waals surface area contributed by atoms with Crippen molar-refractivity contribution in [2.24, 2.45) is 0 Å². The van der Waals surface area contributed by atoms with E-state index in [-0.39, 0.29) is 0 Å². The van der Waals surface area contributed by atoms with Gasteiger partial charge in [0.15, 0.2) is 0 Å². The van der Waals surface area contributed by atoms with E-state index < -0.39 is 0 Å². The van der Waals surface area contributed by atoms with E-state index in [2.05, 4.69) is 33.8 Å². The molecule has 0 bridgehead atoms. The molecule has 0 unspecified atom stereocenters. The summed E-state index contributed by atoms with van der Waals surface area (Å²) in [5.74, 6) is 1.19. The molecular formula is C12H17O. The van der Waals surface area contributed by atoms with E-state index in [4.69, 9.17) is 0 Å². The molecule has 0 saturated heterocycles. The summed E-state index contributed by atoms with van der Waals surface area (Å²) < 4.78 is 0. The van der Waals surface area contributed by atoms with Gasteiger partial charge in [0, 0.05) is 0 Å². The highest BCUT2D eigenvalue weighted by Gasteiger charge is 2.06. The van der Waals surface area contributed by atoms with Gasteiger partial charge >= 0.3 is 0 Å². The fraction of sp³-hybridized carbons (Fsp3) is 0.500. The van der Waals surface area contributed by atoms with Crippen LogP contribution in [0.4, 0.5) is 0 Å². The Kier molecular flexibility index (Phi) is 2.97. The van der Waals surface area contributed by atoms with Crippen LogP contribution >= 0.6 is 0 Å². The second kappa shape index (κ2) is 3.82. The summed E-state index contributed by atoms with van der Waals surface area (Å²) >= 11 is 0. The number of phenols is 1. The van der Waals surface area contributed by atoms with Gasteiger partial charge in [-0.15, -0.1) is 0 Å². The molecule has 0 heterocycles. The van der Waals surface area contributed by atoms with E-state index in [0.717, 1.165) is 11.1 Å². The lowest BCUT2D eigenvalue weighted by Crippen LogP contribution is -1.93. The van der Waals surface area contributed by atoms with E-state index in [9.17, 15) is 5.11 Å². The zero-order valence-corrected chi connectivity index (χ0v) is 8.76. The molecule has 0 aliphatic carbocycles. The Hall–Kier alpha value is -0.980. The van der Waals surface area contributed by atoms with Crippen molar-refractivity contribution < 1.29 is 5.11 Å². The zero-order valence-electron chi connectivity index (χ0n) is 8.76. The maximum atomic E-state index is 9.47. The van der Waals surface area contributed by atoms with Crippen molar-refractivity contribution in [2.45, 2.75) is 39.5 Å². The first-order valence-electron chi connectivity index (χ1n) is 4.77. The first-order chi connectivity index (χ1) is 6.00. The molecule has 0 spiro atoms. The summed E-state index contributed by atoms with van der Waals surface area (Å²) in [5, 5.41) is 9.47. The molecule has 0 amide bonds. The zero-order chi connectivity index (χ0) is 10.0. The van der Waals surface area contributed by atoms with Gasteiger partial charge in [0.25, 0.3) is 0 Å². The molecule has 0 fully saturated rings. The summed E-state index contributed by atoms with van der Waals surface area (Å²) in [5.41, 5.74) is 2.17. The third kappa shape index (κ3) is 2.48. The quantitative estimate of drug-likeness (QED) is 0.733. The molecule has 1 aromatic carbocycles. The molecule has 1 radical (unpaired) electrons. The lowest BCUT2D eigenvalue weighted by Gasteiger charge is -2.10. The second-order valence-corrected chi connectivity index (χ2v) is 4.06. The molecule has 0 aliphatic rings. The average Bonchev–Trinajstić information content (AvgIpc) is 2.03. The third-order valence-corrected chi connectivity index (χ3v) is 2.14. The third-order valence-electron chi connectivity index (χ3n) is 2.14. The fourth-order valence-corrected chi connectivity index (χ4v) is 1.22. The minimum Gasteiger partial charge on any atom is -0.508 e. The van der Waals surface area contributed by atoms with E-state index in [1.165, 1.54) is 0 Å². The molecule has 1 nitrogen and oxygen atoms in total. The van der Waals surface area contributed by atoms with Crippen LogP contribution in [-0.2, 0) is 0 Å². The van der Waals surface area contributed by atoms with Crippen molar-refractivity contribution in [1.82, 2.24) is 0 Å². The first-order valence-corrected chi connectivity index (χ1v) is 4.77. The van der Waals surface area contributed by atoms with Crippen LogP contribution in [0.25, 0.3) is 0 Å². The Morgan fingerprint density at radius 1 is 1.00 bits per heavy atom. The molecule has 1 aromatic rings. The van der Waals surface area contributed by atoms with Gasteiger partial charge in [-0.2, -0.15) is 0 Å². The van der Waals surface area contributed by atoms with Gasteiger partial charge in [0.1, 0.15) is 5.75 Å². The first kappa shape index (κ1) is 10.1. The van der Waals surface area contributed by atoms with Gasteiger partial charge in [-0.05, 0) is 41.2 Å². The molecule has 0 aliphatic heterocycles. The van der Waals surface area contributed by atoms with Gasteiger partial charge in [-0.25, -0.2) is 0 Å². The van der Waals surface area contributed by atoms with Crippen LogP contribution in [0.15, 0.2) is 12.1 Å². The molecule has 0 atom stereocenters. The van der Waals surface area contributed by atoms with E-state index in [1.54, 1.807) is 12.1 Å². The van der Waals surface area contributed by atoms with E-state index >= 15 is 0 Å². The van der Waals surface area contributed by atoms with Gasteiger partial charge in [0.2, 0.25) is 0 Å². The standard InChI is InChI=1S/C12H17O/c1-8(2)10-5-11(9(3)4)7-12(13)6-10/h6-9,13H,1-4H3. The second-order valence-electron chi connectivity index (χ2n) is 4.06. The molecule has 0 aromatic heterocycles. The number of benzene rings is 1. The van der Waals surface area contributed by atoms with Crippen LogP contribution in [0.5, 0.6) is 5.75 Å². The smallest absolute Gasteiger partial charge is 0.116 e. The van der Waals surface area contributed by atoms with E-state index in [0.29, 0.717) is 17.6 Å². The Morgan fingerprint density at radius 2 is 1.38 bits per heavy atom. The Bertz CT molecular complexity index is 261. The van der Waals surface area contributed by atoms with Crippen LogP contribution in [-0.4, -0.2) is 5.11 Å². The number of rotatable bonds is 2. The molecule has 1 rings (SSSR count). The number of aromatic hydroxyl groups is 1. The van der Waals surface area contributed by atoms with Gasteiger partial charge in [-0.1, -0.05) is 27.7 Å². The van der Waals surface area contributed by atoms with Gasteiger partial charge < -0.3 is 5.11 Å². The van der Waals surface area contributed by atoms with Crippen molar-refractivity contribution in [1.29, 1.82) is 0 Å². The molecular weight excluding hydrogens is 160 g/mol. The maximum Gasteiger partial charge on any atom is 0.116 e. The minimum atomic E-state index is 0.353. The molecule has 13 heavy (non-hydrogen) atoms. The summed E-state index contributed by atoms with van der Waals surface area (Å²) in [6.07, 6.45) is 0. The van der Waals surface area contributed by atoms with Gasteiger partial charge in [-0.3, -0.25) is 0 Å². The highest BCUT2D eigenvalue weighted by Crippen LogP contribution is 2.25. The van der Waals surface area contributed by atoms with Crippen LogP contribution in [0, 0.1) is 6.07 Å². The summed E-state index contributed by atoms with van der Waals surface area (Å²) in [4.78, 5) is 0. The van der Waals surface area contributed by atoms with Crippen molar-refractivity contribution in [2.75, 3.05) is 0 Å². The summed E-state index contributed by atoms with van der Waals surface area (Å²) in [7, 11) is 0. The highest BCUT2D eigenvalue weighted by molar-refractivity contribution is 5.35. The lowest BCUT2D eigenvalue weighted by atomic mass is 9.95. The van der Waals surface area contributed by atoms with Crippen LogP contribution in [0.3, 0.4) is 0 Å². The van der Waals surface area contributed by atoms with Crippen molar-refractivity contribution in [3.8, 4) is 5.75 Å². The Balaban J connectivity index is 3.11. The lowest BCUT2D eigenvalue weighted by molar-refractivity contribution is 0.472. The largest absolute Gasteiger partial charge is 0.508 e. The maximum absolute atomic E-state index is 9.47. The normalized spacial score (nSPS) is 11.2. The molecule has 0 saturated carbocycles. The molecule has 1 N–H and O–H groups in total. The average molecular weight is 177 g/mol. The Morgan fingerprint density at radius 3 is 1.69 bits per heavy atom. The predicted molar refractivity (Wildman–Crippen MR) is 55.1 cm³/mol.